The number of hydrogen-bond acceptors (Lipinski definition) is 2. The summed E-state index contributed by atoms with van der Waals surface area (Å²) in [4.78, 5) is 0. The van der Waals surface area contributed by atoms with E-state index in [4.69, 9.17) is 27.9 Å². The number of nitrogens with one attached hydrogen (secondary N) is 1. The smallest absolute Gasteiger partial charge is 0.120 e. The van der Waals surface area contributed by atoms with Gasteiger partial charge in [0.25, 0.3) is 0 Å². The Morgan fingerprint density at radius 1 is 1.19 bits per heavy atom. The Hall–Kier alpha value is -0.440. The third-order valence-corrected chi connectivity index (χ3v) is 2.66. The summed E-state index contributed by atoms with van der Waals surface area (Å²) in [6, 6.07) is 5.27. The van der Waals surface area contributed by atoms with Crippen molar-refractivity contribution in [1.29, 1.82) is 0 Å². The largest absolute Gasteiger partial charge is 0.492 e. The zero-order chi connectivity index (χ0) is 12.2. The van der Waals surface area contributed by atoms with Gasteiger partial charge in [0.05, 0.1) is 10.0 Å². The molecule has 0 amide bonds. The van der Waals surface area contributed by atoms with Crippen LogP contribution in [-0.4, -0.2) is 18.7 Å². The normalized spacial score (nSPS) is 11.6. The van der Waals surface area contributed by atoms with E-state index in [2.05, 4.69) is 26.1 Å². The van der Waals surface area contributed by atoms with Crippen LogP contribution in [-0.2, 0) is 0 Å². The van der Waals surface area contributed by atoms with Crippen molar-refractivity contribution in [2.75, 3.05) is 13.2 Å². The van der Waals surface area contributed by atoms with Crippen LogP contribution in [0.5, 0.6) is 5.75 Å². The van der Waals surface area contributed by atoms with Gasteiger partial charge in [-0.25, -0.2) is 0 Å². The highest BCUT2D eigenvalue weighted by Crippen LogP contribution is 2.26. The highest BCUT2D eigenvalue weighted by Gasteiger charge is 2.07. The van der Waals surface area contributed by atoms with Crippen molar-refractivity contribution < 1.29 is 4.74 Å². The van der Waals surface area contributed by atoms with Crippen LogP contribution >= 0.6 is 23.2 Å². The second-order valence-corrected chi connectivity index (χ2v) is 5.42. The first-order valence-electron chi connectivity index (χ1n) is 5.21. The van der Waals surface area contributed by atoms with Crippen molar-refractivity contribution in [3.05, 3.63) is 28.2 Å². The van der Waals surface area contributed by atoms with Crippen LogP contribution in [0.25, 0.3) is 0 Å². The Balaban J connectivity index is 2.35. The number of rotatable bonds is 4. The van der Waals surface area contributed by atoms with E-state index in [-0.39, 0.29) is 5.54 Å². The predicted octanol–water partition coefficient (Wildman–Crippen LogP) is 3.76. The molecule has 0 spiro atoms. The monoisotopic (exact) mass is 261 g/mol. The lowest BCUT2D eigenvalue weighted by atomic mass is 10.1. The summed E-state index contributed by atoms with van der Waals surface area (Å²) in [5.74, 6) is 0.741. The van der Waals surface area contributed by atoms with Gasteiger partial charge in [-0.2, -0.15) is 0 Å². The van der Waals surface area contributed by atoms with E-state index in [1.807, 2.05) is 6.07 Å². The van der Waals surface area contributed by atoms with Gasteiger partial charge in [-0.15, -0.1) is 0 Å². The van der Waals surface area contributed by atoms with E-state index >= 15 is 0 Å². The molecule has 0 aliphatic rings. The fraction of sp³-hybridized carbons (Fsp3) is 0.500. The molecule has 4 heteroatoms. The maximum absolute atomic E-state index is 5.87. The molecule has 0 aromatic heterocycles. The molecule has 0 bridgehead atoms. The lowest BCUT2D eigenvalue weighted by molar-refractivity contribution is 0.291. The number of benzene rings is 1. The average molecular weight is 262 g/mol. The highest BCUT2D eigenvalue weighted by atomic mass is 35.5. The van der Waals surface area contributed by atoms with E-state index in [9.17, 15) is 0 Å². The molecule has 0 heterocycles. The molecule has 2 nitrogen and oxygen atoms in total. The summed E-state index contributed by atoms with van der Waals surface area (Å²) >= 11 is 11.7. The van der Waals surface area contributed by atoms with Gasteiger partial charge in [-0.1, -0.05) is 23.2 Å². The van der Waals surface area contributed by atoms with Gasteiger partial charge < -0.3 is 10.1 Å². The van der Waals surface area contributed by atoms with Gasteiger partial charge in [-0.05, 0) is 32.9 Å². The average Bonchev–Trinajstić information content (AvgIpc) is 2.17. The Morgan fingerprint density at radius 2 is 1.88 bits per heavy atom. The molecule has 0 saturated heterocycles. The predicted molar refractivity (Wildman–Crippen MR) is 69.7 cm³/mol. The minimum absolute atomic E-state index is 0.112. The van der Waals surface area contributed by atoms with E-state index < -0.39 is 0 Å². The van der Waals surface area contributed by atoms with Crippen LogP contribution < -0.4 is 10.1 Å². The highest BCUT2D eigenvalue weighted by molar-refractivity contribution is 6.42. The molecule has 0 aliphatic carbocycles. The van der Waals surface area contributed by atoms with Crippen molar-refractivity contribution >= 4 is 23.2 Å². The summed E-state index contributed by atoms with van der Waals surface area (Å²) < 4.78 is 5.53. The second kappa shape index (κ2) is 5.76. The van der Waals surface area contributed by atoms with Crippen molar-refractivity contribution in [2.24, 2.45) is 0 Å². The first kappa shape index (κ1) is 13.6. The molecule has 1 rings (SSSR count). The lowest BCUT2D eigenvalue weighted by Crippen LogP contribution is -2.38. The van der Waals surface area contributed by atoms with E-state index in [0.717, 1.165) is 12.3 Å². The third kappa shape index (κ3) is 5.06. The fourth-order valence-electron chi connectivity index (χ4n) is 1.16. The molecule has 0 radical (unpaired) electrons. The lowest BCUT2D eigenvalue weighted by Gasteiger charge is -2.20. The van der Waals surface area contributed by atoms with E-state index in [0.29, 0.717) is 16.7 Å². The van der Waals surface area contributed by atoms with Crippen molar-refractivity contribution in [3.8, 4) is 5.75 Å². The number of hydrogen-bond donors (Lipinski definition) is 1. The van der Waals surface area contributed by atoms with Gasteiger partial charge >= 0.3 is 0 Å². The topological polar surface area (TPSA) is 21.3 Å². The van der Waals surface area contributed by atoms with Crippen LogP contribution in [0.15, 0.2) is 18.2 Å². The fourth-order valence-corrected chi connectivity index (χ4v) is 1.45. The molecule has 0 atom stereocenters. The summed E-state index contributed by atoms with van der Waals surface area (Å²) in [5, 5.41) is 4.39. The molecule has 90 valence electrons. The maximum Gasteiger partial charge on any atom is 0.120 e. The summed E-state index contributed by atoms with van der Waals surface area (Å²) in [5.41, 5.74) is 0.112. The molecule has 1 aromatic carbocycles. The Bertz CT molecular complexity index is 347. The molecular weight excluding hydrogens is 245 g/mol. The quantitative estimate of drug-likeness (QED) is 0.834. The third-order valence-electron chi connectivity index (χ3n) is 1.92. The minimum Gasteiger partial charge on any atom is -0.492 e. The zero-order valence-corrected chi connectivity index (χ0v) is 11.3. The van der Waals surface area contributed by atoms with Crippen LogP contribution in [0, 0.1) is 0 Å². The minimum atomic E-state index is 0.112. The van der Waals surface area contributed by atoms with Crippen LogP contribution in [0.4, 0.5) is 0 Å². The molecular formula is C12H17Cl2NO. The summed E-state index contributed by atoms with van der Waals surface area (Å²) in [6.07, 6.45) is 0. The first-order chi connectivity index (χ1) is 7.38. The van der Waals surface area contributed by atoms with Crippen LogP contribution in [0.1, 0.15) is 20.8 Å². The van der Waals surface area contributed by atoms with Gasteiger partial charge in [0, 0.05) is 18.2 Å². The summed E-state index contributed by atoms with van der Waals surface area (Å²) in [6.45, 7) is 7.75. The summed E-state index contributed by atoms with van der Waals surface area (Å²) in [7, 11) is 0. The Labute approximate surface area is 107 Å². The molecule has 0 unspecified atom stereocenters. The molecule has 1 aromatic rings. The van der Waals surface area contributed by atoms with Crippen molar-refractivity contribution in [3.63, 3.8) is 0 Å². The molecule has 16 heavy (non-hydrogen) atoms. The van der Waals surface area contributed by atoms with E-state index in [1.54, 1.807) is 12.1 Å². The van der Waals surface area contributed by atoms with Gasteiger partial charge in [-0.3, -0.25) is 0 Å². The maximum atomic E-state index is 5.87. The molecule has 0 aliphatic heterocycles. The molecule has 0 saturated carbocycles. The Morgan fingerprint density at radius 3 is 2.44 bits per heavy atom. The van der Waals surface area contributed by atoms with Gasteiger partial charge in [0.15, 0.2) is 0 Å². The van der Waals surface area contributed by atoms with Crippen LogP contribution in [0.3, 0.4) is 0 Å². The van der Waals surface area contributed by atoms with Crippen molar-refractivity contribution in [2.45, 2.75) is 26.3 Å². The first-order valence-corrected chi connectivity index (χ1v) is 5.97. The SMILES string of the molecule is CC(C)(C)NCCOc1ccc(Cl)c(Cl)c1. The number of ether oxygens (including phenoxy) is 1. The molecule has 0 fully saturated rings. The standard InChI is InChI=1S/C12H17Cl2NO/c1-12(2,3)15-6-7-16-9-4-5-10(13)11(14)8-9/h4-5,8,15H,6-7H2,1-3H3. The molecule has 1 N–H and O–H groups in total. The van der Waals surface area contributed by atoms with Gasteiger partial charge in [0.1, 0.15) is 12.4 Å². The van der Waals surface area contributed by atoms with Gasteiger partial charge in [0.2, 0.25) is 0 Å². The number of halogens is 2. The van der Waals surface area contributed by atoms with Crippen molar-refractivity contribution in [1.82, 2.24) is 5.32 Å². The van der Waals surface area contributed by atoms with E-state index in [1.165, 1.54) is 0 Å². The Kier molecular flexibility index (Phi) is 4.90. The second-order valence-electron chi connectivity index (χ2n) is 4.60. The zero-order valence-electron chi connectivity index (χ0n) is 9.81. The van der Waals surface area contributed by atoms with Crippen LogP contribution in [0.2, 0.25) is 10.0 Å².